The van der Waals surface area contributed by atoms with Gasteiger partial charge in [-0.3, -0.25) is 4.79 Å². The molecule has 1 aromatic heterocycles. The Kier molecular flexibility index (Phi) is 6.63. The lowest BCUT2D eigenvalue weighted by molar-refractivity contribution is -0.141. The smallest absolute Gasteiger partial charge is 0.325 e. The molecule has 10 heteroatoms. The average molecular weight is 508 g/mol. The summed E-state index contributed by atoms with van der Waals surface area (Å²) >= 11 is 6.97. The van der Waals surface area contributed by atoms with Gasteiger partial charge in [-0.2, -0.15) is 4.72 Å². The zero-order valence-corrected chi connectivity index (χ0v) is 19.8. The van der Waals surface area contributed by atoms with E-state index >= 15 is 0 Å². The van der Waals surface area contributed by atoms with Crippen molar-refractivity contribution >= 4 is 38.9 Å². The van der Waals surface area contributed by atoms with Crippen molar-refractivity contribution in [1.82, 2.24) is 4.72 Å². The maximum Gasteiger partial charge on any atom is 0.325 e. The van der Waals surface area contributed by atoms with Crippen LogP contribution in [-0.2, 0) is 25.0 Å². The fourth-order valence-corrected chi connectivity index (χ4v) is 6.92. The molecule has 0 aliphatic heterocycles. The van der Waals surface area contributed by atoms with Gasteiger partial charge in [0.1, 0.15) is 9.75 Å². The molecule has 7 nitrogen and oxygen atoms in total. The number of carboxylic acids is 1. The number of ether oxygens (including phenoxy) is 1. The fourth-order valence-electron chi connectivity index (χ4n) is 4.05. The lowest BCUT2D eigenvalue weighted by atomic mass is 9.91. The van der Waals surface area contributed by atoms with E-state index in [-0.39, 0.29) is 30.5 Å². The van der Waals surface area contributed by atoms with Gasteiger partial charge < -0.3 is 14.9 Å². The SMILES string of the molecule is O=C(O)C1(NS(=O)(=O)c2ccc(-c3ccc(Cl)cc3)s2)CC1(COCCO)c1ccccc1. The molecule has 3 N–H and O–H groups in total. The Morgan fingerprint density at radius 3 is 2.42 bits per heavy atom. The van der Waals surface area contributed by atoms with Crippen LogP contribution in [0, 0.1) is 0 Å². The van der Waals surface area contributed by atoms with E-state index in [2.05, 4.69) is 4.72 Å². The van der Waals surface area contributed by atoms with Gasteiger partial charge in [-0.15, -0.1) is 11.3 Å². The van der Waals surface area contributed by atoms with Crippen molar-refractivity contribution in [3.8, 4) is 10.4 Å². The molecular weight excluding hydrogens is 486 g/mol. The number of aliphatic hydroxyl groups excluding tert-OH is 1. The van der Waals surface area contributed by atoms with Crippen LogP contribution in [0.25, 0.3) is 10.4 Å². The maximum absolute atomic E-state index is 13.3. The van der Waals surface area contributed by atoms with Crippen LogP contribution in [0.1, 0.15) is 12.0 Å². The second kappa shape index (κ2) is 9.17. The summed E-state index contributed by atoms with van der Waals surface area (Å²) in [6.45, 7) is -0.251. The summed E-state index contributed by atoms with van der Waals surface area (Å²) in [5.74, 6) is -1.28. The van der Waals surface area contributed by atoms with Gasteiger partial charge in [0.2, 0.25) is 0 Å². The quantitative estimate of drug-likeness (QED) is 0.362. The molecule has 1 saturated carbocycles. The number of benzene rings is 2. The number of hydrogen-bond acceptors (Lipinski definition) is 6. The number of halogens is 1. The fraction of sp³-hybridized carbons (Fsp3) is 0.261. The first kappa shape index (κ1) is 23.9. The molecule has 33 heavy (non-hydrogen) atoms. The normalized spacial score (nSPS) is 22.2. The average Bonchev–Trinajstić information content (AvgIpc) is 3.17. The molecule has 0 radical (unpaired) electrons. The molecule has 1 aliphatic rings. The van der Waals surface area contributed by atoms with Crippen molar-refractivity contribution in [2.45, 2.75) is 21.6 Å². The third-order valence-electron chi connectivity index (χ3n) is 5.82. The minimum absolute atomic E-state index is 0.0122. The number of rotatable bonds is 10. The van der Waals surface area contributed by atoms with Crippen LogP contribution >= 0.6 is 22.9 Å². The van der Waals surface area contributed by atoms with E-state index in [9.17, 15) is 18.3 Å². The predicted molar refractivity (Wildman–Crippen MR) is 126 cm³/mol. The third-order valence-corrected chi connectivity index (χ3v) is 9.19. The van der Waals surface area contributed by atoms with Crippen molar-refractivity contribution in [1.29, 1.82) is 0 Å². The molecule has 0 spiro atoms. The van der Waals surface area contributed by atoms with Gasteiger partial charge in [0.25, 0.3) is 10.0 Å². The van der Waals surface area contributed by atoms with Crippen molar-refractivity contribution < 1.29 is 28.2 Å². The van der Waals surface area contributed by atoms with Crippen LogP contribution in [0.4, 0.5) is 0 Å². The van der Waals surface area contributed by atoms with Crippen LogP contribution in [0.2, 0.25) is 5.02 Å². The maximum atomic E-state index is 13.3. The zero-order chi connectivity index (χ0) is 23.7. The Hall–Kier alpha value is -2.27. The molecule has 1 fully saturated rings. The Balaban J connectivity index is 1.66. The Morgan fingerprint density at radius 1 is 1.09 bits per heavy atom. The molecule has 0 saturated heterocycles. The summed E-state index contributed by atoms with van der Waals surface area (Å²) in [6, 6.07) is 19.0. The number of sulfonamides is 1. The van der Waals surface area contributed by atoms with Gasteiger partial charge in [-0.1, -0.05) is 54.1 Å². The standard InChI is InChI=1S/C23H22ClNO6S2/c24-18-8-6-16(7-9-18)19-10-11-20(32-19)33(29,30)25-23(21(27)28)14-22(23,15-31-13-12-26)17-4-2-1-3-5-17/h1-11,25-26H,12-15H2,(H,27,28). The Bertz CT molecular complexity index is 1250. The minimum Gasteiger partial charge on any atom is -0.480 e. The lowest BCUT2D eigenvalue weighted by Crippen LogP contribution is -2.49. The van der Waals surface area contributed by atoms with Crippen LogP contribution in [-0.4, -0.2) is 50.0 Å². The summed E-state index contributed by atoms with van der Waals surface area (Å²) in [4.78, 5) is 13.1. The van der Waals surface area contributed by atoms with Gasteiger partial charge in [0.15, 0.2) is 0 Å². The van der Waals surface area contributed by atoms with Crippen molar-refractivity contribution in [2.75, 3.05) is 19.8 Å². The predicted octanol–water partition coefficient (Wildman–Crippen LogP) is 3.52. The largest absolute Gasteiger partial charge is 0.480 e. The molecule has 0 bridgehead atoms. The van der Waals surface area contributed by atoms with E-state index in [0.29, 0.717) is 15.5 Å². The van der Waals surface area contributed by atoms with Crippen LogP contribution in [0.5, 0.6) is 0 Å². The Labute approximate surface area is 200 Å². The molecule has 0 amide bonds. The van der Waals surface area contributed by atoms with Crippen LogP contribution in [0.15, 0.2) is 70.9 Å². The number of carbonyl (C=O) groups is 1. The molecule has 3 aromatic rings. The highest BCUT2D eigenvalue weighted by atomic mass is 35.5. The molecule has 2 atom stereocenters. The first-order valence-electron chi connectivity index (χ1n) is 10.1. The van der Waals surface area contributed by atoms with E-state index in [1.807, 2.05) is 0 Å². The van der Waals surface area contributed by atoms with Crippen molar-refractivity contribution in [3.05, 3.63) is 77.3 Å². The summed E-state index contributed by atoms with van der Waals surface area (Å²) in [6.07, 6.45) is 0.0272. The summed E-state index contributed by atoms with van der Waals surface area (Å²) in [7, 11) is -4.15. The summed E-state index contributed by atoms with van der Waals surface area (Å²) < 4.78 is 34.5. The molecular formula is C23H22ClNO6S2. The van der Waals surface area contributed by atoms with E-state index in [4.69, 9.17) is 21.4 Å². The van der Waals surface area contributed by atoms with Gasteiger partial charge >= 0.3 is 5.97 Å². The minimum atomic E-state index is -4.15. The first-order chi connectivity index (χ1) is 15.7. The van der Waals surface area contributed by atoms with Crippen LogP contribution in [0.3, 0.4) is 0 Å². The zero-order valence-electron chi connectivity index (χ0n) is 17.4. The molecule has 174 valence electrons. The lowest BCUT2D eigenvalue weighted by Gasteiger charge is -2.24. The molecule has 1 heterocycles. The van der Waals surface area contributed by atoms with E-state index < -0.39 is 26.9 Å². The second-order valence-electron chi connectivity index (χ2n) is 7.84. The van der Waals surface area contributed by atoms with Gasteiger partial charge in [0.05, 0.1) is 25.2 Å². The summed E-state index contributed by atoms with van der Waals surface area (Å²) in [5, 5.41) is 19.8. The van der Waals surface area contributed by atoms with E-state index in [1.165, 1.54) is 6.07 Å². The van der Waals surface area contributed by atoms with Crippen molar-refractivity contribution in [3.63, 3.8) is 0 Å². The highest BCUT2D eigenvalue weighted by molar-refractivity contribution is 7.91. The monoisotopic (exact) mass is 507 g/mol. The number of thiophene rings is 1. The highest BCUT2D eigenvalue weighted by Gasteiger charge is 2.75. The summed E-state index contributed by atoms with van der Waals surface area (Å²) in [5.41, 5.74) is -1.41. The number of carboxylic acid groups (broad SMARTS) is 1. The van der Waals surface area contributed by atoms with E-state index in [0.717, 1.165) is 16.9 Å². The van der Waals surface area contributed by atoms with Crippen LogP contribution < -0.4 is 4.72 Å². The Morgan fingerprint density at radius 2 is 1.79 bits per heavy atom. The number of nitrogens with one attached hydrogen (secondary N) is 1. The molecule has 4 rings (SSSR count). The number of aliphatic hydroxyl groups is 1. The first-order valence-corrected chi connectivity index (χ1v) is 12.8. The van der Waals surface area contributed by atoms with Gasteiger partial charge in [-0.25, -0.2) is 8.42 Å². The second-order valence-corrected chi connectivity index (χ2v) is 11.3. The van der Waals surface area contributed by atoms with Gasteiger partial charge in [-0.05, 0) is 41.8 Å². The van der Waals surface area contributed by atoms with Crippen molar-refractivity contribution in [2.24, 2.45) is 0 Å². The number of aliphatic carboxylic acids is 1. The topological polar surface area (TPSA) is 113 Å². The molecule has 1 aliphatic carbocycles. The molecule has 2 unspecified atom stereocenters. The third kappa shape index (κ3) is 4.44. The number of hydrogen-bond donors (Lipinski definition) is 3. The van der Waals surface area contributed by atoms with E-state index in [1.54, 1.807) is 60.7 Å². The van der Waals surface area contributed by atoms with Gasteiger partial charge in [0, 0.05) is 9.90 Å². The highest BCUT2D eigenvalue weighted by Crippen LogP contribution is 2.58. The molecule has 2 aromatic carbocycles.